The summed E-state index contributed by atoms with van der Waals surface area (Å²) in [6.45, 7) is 11.8. The average Bonchev–Trinajstić information content (AvgIpc) is 2.31. The van der Waals surface area contributed by atoms with Gasteiger partial charge in [-0.3, -0.25) is 0 Å². The third kappa shape index (κ3) is 4.83. The van der Waals surface area contributed by atoms with Crippen LogP contribution in [0, 0.1) is 0 Å². The lowest BCUT2D eigenvalue weighted by Crippen LogP contribution is -2.18. The fourth-order valence-electron chi connectivity index (χ4n) is 1.74. The number of hydrogen-bond donors (Lipinski definition) is 1. The molecule has 1 N–H and O–H groups in total. The van der Waals surface area contributed by atoms with Gasteiger partial charge in [-0.15, -0.1) is 6.58 Å². The molecule has 1 atom stereocenters. The Morgan fingerprint density at radius 2 is 2.22 bits per heavy atom. The third-order valence-electron chi connectivity index (χ3n) is 2.74. The smallest absolute Gasteiger partial charge is 0.124 e. The lowest BCUT2D eigenvalue weighted by Gasteiger charge is -2.18. The van der Waals surface area contributed by atoms with Crippen molar-refractivity contribution >= 4 is 15.9 Å². The minimum Gasteiger partial charge on any atom is -0.493 e. The maximum absolute atomic E-state index is 5.85. The van der Waals surface area contributed by atoms with Gasteiger partial charge in [-0.25, -0.2) is 0 Å². The van der Waals surface area contributed by atoms with Gasteiger partial charge in [0.2, 0.25) is 0 Å². The number of benzene rings is 1. The molecular weight excluding hydrogens is 290 g/mol. The van der Waals surface area contributed by atoms with Crippen LogP contribution in [0.2, 0.25) is 0 Å². The van der Waals surface area contributed by atoms with E-state index in [0.29, 0.717) is 6.61 Å². The molecule has 3 heteroatoms. The van der Waals surface area contributed by atoms with Gasteiger partial charge in [0.25, 0.3) is 0 Å². The summed E-state index contributed by atoms with van der Waals surface area (Å²) in [5.74, 6) is 0.952. The normalized spacial score (nSPS) is 12.2. The second-order valence-corrected chi connectivity index (χ2v) is 5.43. The van der Waals surface area contributed by atoms with Gasteiger partial charge in [0.15, 0.2) is 0 Å². The molecular formula is C15H22BrNO. The summed E-state index contributed by atoms with van der Waals surface area (Å²) < 4.78 is 6.93. The van der Waals surface area contributed by atoms with Gasteiger partial charge in [0.05, 0.1) is 6.61 Å². The van der Waals surface area contributed by atoms with E-state index in [4.69, 9.17) is 4.74 Å². The molecule has 100 valence electrons. The lowest BCUT2D eigenvalue weighted by atomic mass is 10.1. The fraction of sp³-hybridized carbons (Fsp3) is 0.467. The molecule has 1 rings (SSSR count). The highest BCUT2D eigenvalue weighted by Crippen LogP contribution is 2.28. The highest BCUT2D eigenvalue weighted by atomic mass is 79.9. The van der Waals surface area contributed by atoms with Crippen LogP contribution in [-0.2, 0) is 0 Å². The molecule has 0 saturated heterocycles. The number of nitrogens with one attached hydrogen (secondary N) is 1. The van der Waals surface area contributed by atoms with Crippen LogP contribution in [0.15, 0.2) is 34.8 Å². The van der Waals surface area contributed by atoms with Gasteiger partial charge in [0, 0.05) is 22.5 Å². The SMILES string of the molecule is C=C(C)CCOc1ccc(Br)cc1C(C)NCC. The first kappa shape index (κ1) is 15.3. The van der Waals surface area contributed by atoms with Gasteiger partial charge < -0.3 is 10.1 Å². The Bertz CT molecular complexity index is 403. The van der Waals surface area contributed by atoms with Crippen LogP contribution >= 0.6 is 15.9 Å². The number of halogens is 1. The van der Waals surface area contributed by atoms with Crippen LogP contribution in [0.3, 0.4) is 0 Å². The minimum atomic E-state index is 0.285. The molecule has 1 unspecified atom stereocenters. The van der Waals surface area contributed by atoms with Crippen molar-refractivity contribution in [1.82, 2.24) is 5.32 Å². The molecule has 0 radical (unpaired) electrons. The van der Waals surface area contributed by atoms with Crippen molar-refractivity contribution in [3.63, 3.8) is 0 Å². The summed E-state index contributed by atoms with van der Waals surface area (Å²) in [6.07, 6.45) is 0.894. The van der Waals surface area contributed by atoms with Crippen LogP contribution in [0.1, 0.15) is 38.8 Å². The highest BCUT2D eigenvalue weighted by molar-refractivity contribution is 9.10. The number of hydrogen-bond acceptors (Lipinski definition) is 2. The maximum Gasteiger partial charge on any atom is 0.124 e. The third-order valence-corrected chi connectivity index (χ3v) is 3.23. The minimum absolute atomic E-state index is 0.285. The molecule has 18 heavy (non-hydrogen) atoms. The molecule has 0 aliphatic rings. The predicted molar refractivity (Wildman–Crippen MR) is 81.2 cm³/mol. The quantitative estimate of drug-likeness (QED) is 0.750. The summed E-state index contributed by atoms with van der Waals surface area (Å²) in [6, 6.07) is 6.43. The Kier molecular flexibility index (Phi) is 6.44. The van der Waals surface area contributed by atoms with Gasteiger partial charge in [-0.05, 0) is 38.6 Å². The molecule has 0 saturated carbocycles. The van der Waals surface area contributed by atoms with Crippen molar-refractivity contribution in [1.29, 1.82) is 0 Å². The van der Waals surface area contributed by atoms with E-state index in [9.17, 15) is 0 Å². The average molecular weight is 312 g/mol. The number of rotatable bonds is 7. The van der Waals surface area contributed by atoms with E-state index >= 15 is 0 Å². The molecule has 0 bridgehead atoms. The Morgan fingerprint density at radius 3 is 2.83 bits per heavy atom. The molecule has 0 aromatic heterocycles. The van der Waals surface area contributed by atoms with Crippen molar-refractivity contribution in [2.75, 3.05) is 13.2 Å². The molecule has 0 spiro atoms. The molecule has 1 aromatic rings. The van der Waals surface area contributed by atoms with E-state index in [1.807, 2.05) is 19.1 Å². The largest absolute Gasteiger partial charge is 0.493 e. The Balaban J connectivity index is 2.79. The van der Waals surface area contributed by atoms with Gasteiger partial charge in [-0.2, -0.15) is 0 Å². The molecule has 0 fully saturated rings. The highest BCUT2D eigenvalue weighted by Gasteiger charge is 2.11. The number of ether oxygens (including phenoxy) is 1. The molecule has 2 nitrogen and oxygen atoms in total. The first-order chi connectivity index (χ1) is 8.54. The van der Waals surface area contributed by atoms with Crippen molar-refractivity contribution in [3.05, 3.63) is 40.4 Å². The predicted octanol–water partition coefficient (Wildman–Crippen LogP) is 4.46. The Hall–Kier alpha value is -0.800. The summed E-state index contributed by atoms with van der Waals surface area (Å²) >= 11 is 3.51. The fourth-order valence-corrected chi connectivity index (χ4v) is 2.12. The standard InChI is InChI=1S/C15H22BrNO/c1-5-17-12(4)14-10-13(16)6-7-15(14)18-9-8-11(2)3/h6-7,10,12,17H,2,5,8-9H2,1,3-4H3. The van der Waals surface area contributed by atoms with Gasteiger partial charge >= 0.3 is 0 Å². The first-order valence-electron chi connectivity index (χ1n) is 6.34. The lowest BCUT2D eigenvalue weighted by molar-refractivity contribution is 0.315. The summed E-state index contributed by atoms with van der Waals surface area (Å²) in [4.78, 5) is 0. The van der Waals surface area contributed by atoms with E-state index in [2.05, 4.69) is 47.7 Å². The molecule has 1 aromatic carbocycles. The monoisotopic (exact) mass is 311 g/mol. The van der Waals surface area contributed by atoms with Crippen LogP contribution in [-0.4, -0.2) is 13.2 Å². The molecule has 0 heterocycles. The maximum atomic E-state index is 5.85. The Labute approximate surface area is 119 Å². The topological polar surface area (TPSA) is 21.3 Å². The first-order valence-corrected chi connectivity index (χ1v) is 7.14. The molecule has 0 aliphatic heterocycles. The second kappa shape index (κ2) is 7.59. The summed E-state index contributed by atoms with van der Waals surface area (Å²) in [5.41, 5.74) is 2.33. The van der Waals surface area contributed by atoms with Crippen molar-refractivity contribution in [3.8, 4) is 5.75 Å². The zero-order valence-corrected chi connectivity index (χ0v) is 13.0. The zero-order valence-electron chi connectivity index (χ0n) is 11.4. The molecule has 0 aliphatic carbocycles. The summed E-state index contributed by atoms with van der Waals surface area (Å²) in [7, 11) is 0. The van der Waals surface area contributed by atoms with Gasteiger partial charge in [-0.1, -0.05) is 28.4 Å². The van der Waals surface area contributed by atoms with Gasteiger partial charge in [0.1, 0.15) is 5.75 Å². The zero-order chi connectivity index (χ0) is 13.5. The van der Waals surface area contributed by atoms with Crippen molar-refractivity contribution < 1.29 is 4.74 Å². The van der Waals surface area contributed by atoms with Crippen LogP contribution in [0.4, 0.5) is 0 Å². The van der Waals surface area contributed by atoms with E-state index in [1.165, 1.54) is 5.56 Å². The van der Waals surface area contributed by atoms with Crippen LogP contribution in [0.25, 0.3) is 0 Å². The molecule has 0 amide bonds. The van der Waals surface area contributed by atoms with E-state index < -0.39 is 0 Å². The van der Waals surface area contributed by atoms with Crippen molar-refractivity contribution in [2.24, 2.45) is 0 Å². The second-order valence-electron chi connectivity index (χ2n) is 4.52. The van der Waals surface area contributed by atoms with Crippen LogP contribution < -0.4 is 10.1 Å². The van der Waals surface area contributed by atoms with Crippen molar-refractivity contribution in [2.45, 2.75) is 33.2 Å². The van der Waals surface area contributed by atoms with E-state index in [-0.39, 0.29) is 6.04 Å². The van der Waals surface area contributed by atoms with E-state index in [1.54, 1.807) is 0 Å². The Morgan fingerprint density at radius 1 is 1.50 bits per heavy atom. The van der Waals surface area contributed by atoms with Crippen LogP contribution in [0.5, 0.6) is 5.75 Å². The van der Waals surface area contributed by atoms with E-state index in [0.717, 1.165) is 28.8 Å². The summed E-state index contributed by atoms with van der Waals surface area (Å²) in [5, 5.41) is 3.41.